The third-order valence-corrected chi connectivity index (χ3v) is 3.35. The molecule has 0 atom stereocenters. The predicted molar refractivity (Wildman–Crippen MR) is 85.2 cm³/mol. The highest BCUT2D eigenvalue weighted by Crippen LogP contribution is 2.18. The molecule has 0 saturated carbocycles. The normalized spacial score (nSPS) is 9.90. The van der Waals surface area contributed by atoms with Crippen LogP contribution in [0, 0.1) is 25.7 Å². The molecule has 1 aromatic heterocycles. The zero-order chi connectivity index (χ0) is 15.4. The second-order valence-electron chi connectivity index (χ2n) is 4.93. The average Bonchev–Trinajstić information content (AvgIpc) is 2.79. The molecular weight excluding hydrogens is 262 g/mol. The molecule has 4 heteroatoms. The first-order valence-electron chi connectivity index (χ1n) is 6.76. The third kappa shape index (κ3) is 3.33. The van der Waals surface area contributed by atoms with E-state index in [-0.39, 0.29) is 5.91 Å². The topological polar surface area (TPSA) is 60.0 Å². The Morgan fingerprint density at radius 3 is 2.67 bits per heavy atom. The van der Waals surface area contributed by atoms with Gasteiger partial charge < -0.3 is 15.6 Å². The largest absolute Gasteiger partial charge is 0.344 e. The van der Waals surface area contributed by atoms with Crippen LogP contribution in [-0.4, -0.2) is 17.0 Å². The Bertz CT molecular complexity index is 732. The molecule has 0 spiro atoms. The first-order chi connectivity index (χ1) is 10.0. The number of carbonyl (C=O) groups is 1. The van der Waals surface area contributed by atoms with Gasteiger partial charge in [-0.3, -0.25) is 4.79 Å². The molecule has 3 N–H and O–H groups in total. The van der Waals surface area contributed by atoms with Crippen molar-refractivity contribution in [1.82, 2.24) is 4.57 Å². The van der Waals surface area contributed by atoms with Crippen molar-refractivity contribution in [1.29, 1.82) is 0 Å². The van der Waals surface area contributed by atoms with Crippen LogP contribution in [0.5, 0.6) is 0 Å². The highest BCUT2D eigenvalue weighted by atomic mass is 16.1. The number of nitrogens with one attached hydrogen (secondary N) is 1. The van der Waals surface area contributed by atoms with Gasteiger partial charge in [0.1, 0.15) is 5.69 Å². The van der Waals surface area contributed by atoms with Gasteiger partial charge in [-0.25, -0.2) is 0 Å². The van der Waals surface area contributed by atoms with Crippen molar-refractivity contribution in [2.45, 2.75) is 13.8 Å². The van der Waals surface area contributed by atoms with E-state index in [2.05, 4.69) is 17.2 Å². The number of hydrogen-bond acceptors (Lipinski definition) is 2. The van der Waals surface area contributed by atoms with E-state index >= 15 is 0 Å². The summed E-state index contributed by atoms with van der Waals surface area (Å²) in [6, 6.07) is 9.47. The number of benzene rings is 1. The lowest BCUT2D eigenvalue weighted by molar-refractivity contribution is 0.101. The molecule has 0 fully saturated rings. The highest BCUT2D eigenvalue weighted by Gasteiger charge is 2.12. The molecule has 4 nitrogen and oxygen atoms in total. The van der Waals surface area contributed by atoms with E-state index in [0.717, 1.165) is 16.8 Å². The zero-order valence-corrected chi connectivity index (χ0v) is 12.5. The van der Waals surface area contributed by atoms with Gasteiger partial charge in [0.05, 0.1) is 12.2 Å². The van der Waals surface area contributed by atoms with Crippen LogP contribution in [0.3, 0.4) is 0 Å². The predicted octanol–water partition coefficient (Wildman–Crippen LogP) is 2.20. The van der Waals surface area contributed by atoms with Crippen LogP contribution in [0.2, 0.25) is 0 Å². The summed E-state index contributed by atoms with van der Waals surface area (Å²) < 4.78 is 1.86. The lowest BCUT2D eigenvalue weighted by Crippen LogP contribution is -2.16. The minimum absolute atomic E-state index is 0.148. The Kier molecular flexibility index (Phi) is 4.46. The Hall–Kier alpha value is -2.51. The van der Waals surface area contributed by atoms with Crippen molar-refractivity contribution in [2.75, 3.05) is 11.9 Å². The standard InChI is InChI=1S/C17H19N3O/c1-12-6-8-15(14(11-12)5-4-10-18)19-17(21)16-9-7-13(2)20(16)3/h6-9,11H,10,18H2,1-3H3,(H,19,21). The minimum atomic E-state index is -0.148. The molecule has 0 bridgehead atoms. The number of rotatable bonds is 2. The highest BCUT2D eigenvalue weighted by molar-refractivity contribution is 6.04. The maximum Gasteiger partial charge on any atom is 0.272 e. The molecule has 0 aliphatic heterocycles. The van der Waals surface area contributed by atoms with Crippen LogP contribution in [0.1, 0.15) is 27.3 Å². The molecule has 1 aromatic carbocycles. The van der Waals surface area contributed by atoms with Gasteiger partial charge in [-0.2, -0.15) is 0 Å². The van der Waals surface area contributed by atoms with E-state index in [9.17, 15) is 4.79 Å². The fraction of sp³-hybridized carbons (Fsp3) is 0.235. The van der Waals surface area contributed by atoms with Gasteiger partial charge in [-0.05, 0) is 43.7 Å². The molecule has 0 aliphatic carbocycles. The van der Waals surface area contributed by atoms with Crippen molar-refractivity contribution in [3.8, 4) is 11.8 Å². The van der Waals surface area contributed by atoms with Crippen LogP contribution in [-0.2, 0) is 7.05 Å². The first-order valence-corrected chi connectivity index (χ1v) is 6.76. The second kappa shape index (κ2) is 6.29. The SMILES string of the molecule is Cc1ccc(NC(=O)c2ccc(C)n2C)c(C#CCN)c1. The van der Waals surface area contributed by atoms with Crippen molar-refractivity contribution in [3.05, 3.63) is 52.8 Å². The summed E-state index contributed by atoms with van der Waals surface area (Å²) in [6.45, 7) is 4.24. The van der Waals surface area contributed by atoms with Crippen molar-refractivity contribution < 1.29 is 4.79 Å². The van der Waals surface area contributed by atoms with Crippen LogP contribution < -0.4 is 11.1 Å². The quantitative estimate of drug-likeness (QED) is 0.829. The van der Waals surface area contributed by atoms with Crippen LogP contribution in [0.15, 0.2) is 30.3 Å². The Morgan fingerprint density at radius 1 is 1.29 bits per heavy atom. The second-order valence-corrected chi connectivity index (χ2v) is 4.93. The summed E-state index contributed by atoms with van der Waals surface area (Å²) in [7, 11) is 1.87. The maximum absolute atomic E-state index is 12.4. The first kappa shape index (κ1) is 14.9. The number of anilines is 1. The number of carbonyl (C=O) groups excluding carboxylic acids is 1. The summed E-state index contributed by atoms with van der Waals surface area (Å²) in [4.78, 5) is 12.4. The molecule has 2 rings (SSSR count). The van der Waals surface area contributed by atoms with E-state index in [1.807, 2.05) is 55.8 Å². The van der Waals surface area contributed by atoms with E-state index < -0.39 is 0 Å². The number of amides is 1. The summed E-state index contributed by atoms with van der Waals surface area (Å²) in [5.74, 6) is 5.67. The van der Waals surface area contributed by atoms with Crippen LogP contribution in [0.25, 0.3) is 0 Å². The molecule has 108 valence electrons. The van der Waals surface area contributed by atoms with E-state index in [0.29, 0.717) is 17.9 Å². The zero-order valence-electron chi connectivity index (χ0n) is 12.5. The smallest absolute Gasteiger partial charge is 0.272 e. The van der Waals surface area contributed by atoms with E-state index in [1.54, 1.807) is 0 Å². The van der Waals surface area contributed by atoms with Crippen LogP contribution >= 0.6 is 0 Å². The molecule has 0 unspecified atom stereocenters. The Balaban J connectivity index is 2.31. The molecule has 0 aliphatic rings. The van der Waals surface area contributed by atoms with Gasteiger partial charge in [-0.1, -0.05) is 17.9 Å². The van der Waals surface area contributed by atoms with Crippen molar-refractivity contribution >= 4 is 11.6 Å². The number of hydrogen-bond donors (Lipinski definition) is 2. The monoisotopic (exact) mass is 281 g/mol. The fourth-order valence-corrected chi connectivity index (χ4v) is 2.04. The number of nitrogens with zero attached hydrogens (tertiary/aromatic N) is 1. The lowest BCUT2D eigenvalue weighted by atomic mass is 10.1. The molecule has 1 amide bonds. The molecular formula is C17H19N3O. The molecule has 0 saturated heterocycles. The summed E-state index contributed by atoms with van der Waals surface area (Å²) in [5.41, 5.74) is 9.63. The lowest BCUT2D eigenvalue weighted by Gasteiger charge is -2.09. The summed E-state index contributed by atoms with van der Waals surface area (Å²) in [6.07, 6.45) is 0. The van der Waals surface area contributed by atoms with Crippen LogP contribution in [0.4, 0.5) is 5.69 Å². The summed E-state index contributed by atoms with van der Waals surface area (Å²) in [5, 5.41) is 2.91. The van der Waals surface area contributed by atoms with Crippen molar-refractivity contribution in [2.24, 2.45) is 12.8 Å². The Labute approximate surface area is 125 Å². The van der Waals surface area contributed by atoms with Gasteiger partial charge in [-0.15, -0.1) is 0 Å². The fourth-order valence-electron chi connectivity index (χ4n) is 2.04. The van der Waals surface area contributed by atoms with Gasteiger partial charge in [0.2, 0.25) is 0 Å². The maximum atomic E-state index is 12.4. The van der Waals surface area contributed by atoms with Gasteiger partial charge in [0.25, 0.3) is 5.91 Å². The van der Waals surface area contributed by atoms with E-state index in [4.69, 9.17) is 5.73 Å². The van der Waals surface area contributed by atoms with Crippen molar-refractivity contribution in [3.63, 3.8) is 0 Å². The molecule has 1 heterocycles. The Morgan fingerprint density at radius 2 is 2.05 bits per heavy atom. The molecule has 0 radical (unpaired) electrons. The third-order valence-electron chi connectivity index (χ3n) is 3.35. The molecule has 21 heavy (non-hydrogen) atoms. The number of aryl methyl sites for hydroxylation is 2. The van der Waals surface area contributed by atoms with Gasteiger partial charge in [0.15, 0.2) is 0 Å². The van der Waals surface area contributed by atoms with Gasteiger partial charge >= 0.3 is 0 Å². The summed E-state index contributed by atoms with van der Waals surface area (Å²) >= 11 is 0. The molecule has 2 aromatic rings. The average molecular weight is 281 g/mol. The minimum Gasteiger partial charge on any atom is -0.344 e. The van der Waals surface area contributed by atoms with Gasteiger partial charge in [0, 0.05) is 18.3 Å². The number of aromatic nitrogens is 1. The van der Waals surface area contributed by atoms with E-state index in [1.165, 1.54) is 0 Å². The number of nitrogens with two attached hydrogens (primary N) is 1.